The molecule has 1 unspecified atom stereocenters. The maximum Gasteiger partial charge on any atom is 0.252 e. The molecule has 0 spiro atoms. The molecule has 5 rings (SSSR count). The lowest BCUT2D eigenvalue weighted by atomic mass is 10.0. The fraction of sp³-hybridized carbons (Fsp3) is 0.286. The monoisotopic (exact) mass is 520 g/mol. The first-order valence-electron chi connectivity index (χ1n) is 12.0. The molecule has 0 radical (unpaired) electrons. The number of sulfonamides is 1. The number of hydrogen-bond acceptors (Lipinski definition) is 6. The molecule has 1 saturated heterocycles. The number of benzene rings is 3. The van der Waals surface area contributed by atoms with Crippen molar-refractivity contribution in [2.24, 2.45) is 0 Å². The molecule has 2 amide bonds. The van der Waals surface area contributed by atoms with Crippen molar-refractivity contribution in [2.75, 3.05) is 11.7 Å². The average Bonchev–Trinajstić information content (AvgIpc) is 3.44. The van der Waals surface area contributed by atoms with Crippen LogP contribution in [0.1, 0.15) is 34.2 Å². The van der Waals surface area contributed by atoms with Gasteiger partial charge in [0.15, 0.2) is 11.5 Å². The number of rotatable bonds is 6. The molecule has 37 heavy (non-hydrogen) atoms. The van der Waals surface area contributed by atoms with Crippen molar-refractivity contribution in [2.45, 2.75) is 51.6 Å². The van der Waals surface area contributed by atoms with Gasteiger partial charge in [-0.3, -0.25) is 9.59 Å². The van der Waals surface area contributed by atoms with E-state index in [0.29, 0.717) is 33.9 Å². The zero-order valence-electron chi connectivity index (χ0n) is 21.1. The number of amides is 2. The summed E-state index contributed by atoms with van der Waals surface area (Å²) in [5.74, 6) is 0.0658. The normalized spacial score (nSPS) is 17.2. The Morgan fingerprint density at radius 2 is 1.54 bits per heavy atom. The van der Waals surface area contributed by atoms with Crippen LogP contribution < -0.4 is 14.4 Å². The third-order valence-corrected chi connectivity index (χ3v) is 9.25. The highest BCUT2D eigenvalue weighted by atomic mass is 32.2. The first kappa shape index (κ1) is 25.0. The minimum Gasteiger partial charge on any atom is -0.454 e. The van der Waals surface area contributed by atoms with E-state index >= 15 is 0 Å². The summed E-state index contributed by atoms with van der Waals surface area (Å²) in [6.45, 7) is 7.24. The van der Waals surface area contributed by atoms with Crippen molar-refractivity contribution in [3.05, 3.63) is 82.4 Å². The molecule has 0 bridgehead atoms. The van der Waals surface area contributed by atoms with Crippen LogP contribution in [0.15, 0.2) is 59.5 Å². The molecule has 3 aromatic carbocycles. The number of nitrogens with zero attached hydrogens (tertiary/aromatic N) is 2. The fourth-order valence-electron chi connectivity index (χ4n) is 4.96. The predicted molar refractivity (Wildman–Crippen MR) is 138 cm³/mol. The first-order valence-corrected chi connectivity index (χ1v) is 13.4. The minimum absolute atomic E-state index is 0.0867. The van der Waals surface area contributed by atoms with E-state index in [4.69, 9.17) is 9.47 Å². The van der Waals surface area contributed by atoms with Crippen LogP contribution in [0.5, 0.6) is 11.5 Å². The lowest BCUT2D eigenvalue weighted by molar-refractivity contribution is -0.122. The molecule has 0 aromatic heterocycles. The van der Waals surface area contributed by atoms with Crippen molar-refractivity contribution >= 4 is 27.5 Å². The van der Waals surface area contributed by atoms with E-state index < -0.39 is 27.9 Å². The maximum atomic E-state index is 14.4. The Hall–Kier alpha value is -3.69. The SMILES string of the molecule is Cc1cc(C)c(C)c(S(=O)(=O)N(Cc2ccc3c(c2)OCO3)C2CC(=O)N(c3ccccc3)C2=O)c1C. The number of ether oxygens (including phenoxy) is 2. The van der Waals surface area contributed by atoms with Crippen LogP contribution in [0.2, 0.25) is 0 Å². The van der Waals surface area contributed by atoms with E-state index in [2.05, 4.69) is 0 Å². The van der Waals surface area contributed by atoms with Gasteiger partial charge in [0.2, 0.25) is 22.7 Å². The zero-order valence-corrected chi connectivity index (χ0v) is 22.0. The maximum absolute atomic E-state index is 14.4. The van der Waals surface area contributed by atoms with E-state index in [1.807, 2.05) is 19.9 Å². The van der Waals surface area contributed by atoms with Crippen molar-refractivity contribution in [3.63, 3.8) is 0 Å². The molecule has 9 heteroatoms. The van der Waals surface area contributed by atoms with E-state index in [-0.39, 0.29) is 24.7 Å². The number of carbonyl (C=O) groups excluding carboxylic acids is 2. The largest absolute Gasteiger partial charge is 0.454 e. The third-order valence-electron chi connectivity index (χ3n) is 7.12. The predicted octanol–water partition coefficient (Wildman–Crippen LogP) is 4.17. The summed E-state index contributed by atoms with van der Waals surface area (Å²) in [5.41, 5.74) is 3.95. The van der Waals surface area contributed by atoms with Gasteiger partial charge in [-0.15, -0.1) is 0 Å². The zero-order chi connectivity index (χ0) is 26.5. The minimum atomic E-state index is -4.20. The lowest BCUT2D eigenvalue weighted by Crippen LogP contribution is -2.45. The van der Waals surface area contributed by atoms with Crippen LogP contribution in [-0.4, -0.2) is 37.4 Å². The summed E-state index contributed by atoms with van der Waals surface area (Å²) >= 11 is 0. The number of fused-ring (bicyclic) bond motifs is 1. The number of carbonyl (C=O) groups is 2. The van der Waals surface area contributed by atoms with E-state index in [1.165, 1.54) is 4.31 Å². The molecule has 8 nitrogen and oxygen atoms in total. The van der Waals surface area contributed by atoms with Crippen molar-refractivity contribution in [1.29, 1.82) is 0 Å². The highest BCUT2D eigenvalue weighted by molar-refractivity contribution is 7.89. The Kier molecular flexibility index (Phi) is 6.29. The van der Waals surface area contributed by atoms with Gasteiger partial charge in [-0.2, -0.15) is 4.31 Å². The summed E-state index contributed by atoms with van der Waals surface area (Å²) < 4.78 is 40.8. The van der Waals surface area contributed by atoms with Crippen LogP contribution >= 0.6 is 0 Å². The highest BCUT2D eigenvalue weighted by Crippen LogP contribution is 2.37. The molecule has 0 saturated carbocycles. The number of para-hydroxylation sites is 1. The van der Waals surface area contributed by atoms with Gasteiger partial charge >= 0.3 is 0 Å². The second-order valence-electron chi connectivity index (χ2n) is 9.45. The molecule has 2 aliphatic rings. The fourth-order valence-corrected chi connectivity index (χ4v) is 7.11. The molecule has 2 heterocycles. The summed E-state index contributed by atoms with van der Waals surface area (Å²) in [5, 5.41) is 0. The average molecular weight is 521 g/mol. The van der Waals surface area contributed by atoms with Gasteiger partial charge in [-0.05, 0) is 79.8 Å². The molecule has 2 aliphatic heterocycles. The molecule has 0 aliphatic carbocycles. The van der Waals surface area contributed by atoms with Gasteiger partial charge in [0.05, 0.1) is 17.0 Å². The Bertz CT molecular complexity index is 1490. The van der Waals surface area contributed by atoms with Gasteiger partial charge in [0.1, 0.15) is 6.04 Å². The van der Waals surface area contributed by atoms with Gasteiger partial charge in [-0.25, -0.2) is 13.3 Å². The summed E-state index contributed by atoms with van der Waals surface area (Å²) in [7, 11) is -4.20. The quantitative estimate of drug-likeness (QED) is 0.453. The van der Waals surface area contributed by atoms with Gasteiger partial charge in [-0.1, -0.05) is 30.3 Å². The molecular weight excluding hydrogens is 492 g/mol. The Labute approximate surface area is 216 Å². The van der Waals surface area contributed by atoms with Gasteiger partial charge in [0.25, 0.3) is 5.91 Å². The second kappa shape index (κ2) is 9.32. The Morgan fingerprint density at radius 1 is 0.892 bits per heavy atom. The van der Waals surface area contributed by atoms with E-state index in [9.17, 15) is 18.0 Å². The topological polar surface area (TPSA) is 93.2 Å². The number of imide groups is 1. The molecule has 192 valence electrons. The van der Waals surface area contributed by atoms with Crippen LogP contribution in [-0.2, 0) is 26.2 Å². The summed E-state index contributed by atoms with van der Waals surface area (Å²) in [6, 6.07) is 14.5. The number of aryl methyl sites for hydroxylation is 2. The summed E-state index contributed by atoms with van der Waals surface area (Å²) in [6.07, 6.45) is -0.250. The molecule has 1 fully saturated rings. The standard InChI is InChI=1S/C28H28N2O6S/c1-17-12-18(2)20(4)27(19(17)3)37(33,34)29(15-21-10-11-24-25(13-21)36-16-35-24)23-14-26(31)30(28(23)32)22-8-6-5-7-9-22/h5-13,23H,14-16H2,1-4H3. The number of hydrogen-bond donors (Lipinski definition) is 0. The van der Waals surface area contributed by atoms with Crippen molar-refractivity contribution < 1.29 is 27.5 Å². The Balaban J connectivity index is 1.62. The second-order valence-corrected chi connectivity index (χ2v) is 11.3. The molecular formula is C28H28N2O6S. The van der Waals surface area contributed by atoms with Crippen LogP contribution in [0.25, 0.3) is 0 Å². The van der Waals surface area contributed by atoms with Crippen LogP contribution in [0, 0.1) is 27.7 Å². The highest BCUT2D eigenvalue weighted by Gasteiger charge is 2.47. The Morgan fingerprint density at radius 3 is 2.22 bits per heavy atom. The summed E-state index contributed by atoms with van der Waals surface area (Å²) in [4.78, 5) is 28.0. The van der Waals surface area contributed by atoms with Gasteiger partial charge in [0, 0.05) is 6.54 Å². The molecule has 0 N–H and O–H groups in total. The lowest BCUT2D eigenvalue weighted by Gasteiger charge is -2.29. The smallest absolute Gasteiger partial charge is 0.252 e. The third kappa shape index (κ3) is 4.28. The molecule has 3 aromatic rings. The molecule has 1 atom stereocenters. The first-order chi connectivity index (χ1) is 17.6. The number of anilines is 1. The van der Waals surface area contributed by atoms with E-state index in [0.717, 1.165) is 16.0 Å². The van der Waals surface area contributed by atoms with Crippen molar-refractivity contribution in [3.8, 4) is 11.5 Å². The van der Waals surface area contributed by atoms with Crippen LogP contribution in [0.3, 0.4) is 0 Å². The van der Waals surface area contributed by atoms with Crippen molar-refractivity contribution in [1.82, 2.24) is 4.31 Å². The van der Waals surface area contributed by atoms with E-state index in [1.54, 1.807) is 62.4 Å². The van der Waals surface area contributed by atoms with Crippen LogP contribution in [0.4, 0.5) is 5.69 Å². The van der Waals surface area contributed by atoms with Gasteiger partial charge < -0.3 is 9.47 Å².